The number of nitrogens with zero attached hydrogens (tertiary/aromatic N) is 4. The Hall–Kier alpha value is -3.91. The van der Waals surface area contributed by atoms with Gasteiger partial charge in [0.1, 0.15) is 17.3 Å². The summed E-state index contributed by atoms with van der Waals surface area (Å²) in [5, 5.41) is 4.40. The highest BCUT2D eigenvalue weighted by atomic mass is 16.5. The molecule has 2 aromatic carbocycles. The topological polar surface area (TPSA) is 86.4 Å². The first kappa shape index (κ1) is 21.9. The number of benzene rings is 2. The Morgan fingerprint density at radius 3 is 2.82 bits per heavy atom. The number of likely N-dealkylation sites (N-methyl/N-ethyl adjacent to an activating group) is 2. The number of fused-ring (bicyclic) bond motifs is 1. The molecule has 2 aromatic heterocycles. The van der Waals surface area contributed by atoms with Crippen LogP contribution >= 0.6 is 0 Å². The minimum absolute atomic E-state index is 0.00856. The largest absolute Gasteiger partial charge is 0.495 e. The molecule has 5 rings (SSSR count). The number of carbonyl (C=O) groups excluding carboxylic acids is 1. The van der Waals surface area contributed by atoms with Crippen molar-refractivity contribution >= 4 is 28.3 Å². The number of carbonyl (C=O) groups is 1. The molecule has 0 spiro atoms. The summed E-state index contributed by atoms with van der Waals surface area (Å²) in [4.78, 5) is 29.6. The molecule has 174 valence electrons. The van der Waals surface area contributed by atoms with Gasteiger partial charge >= 0.3 is 0 Å². The maximum absolute atomic E-state index is 13.1. The highest BCUT2D eigenvalue weighted by Gasteiger charge is 2.27. The molecule has 0 radical (unpaired) electrons. The number of hydrogen-bond acceptors (Lipinski definition) is 6. The van der Waals surface area contributed by atoms with Gasteiger partial charge in [-0.2, -0.15) is 0 Å². The van der Waals surface area contributed by atoms with Gasteiger partial charge in [0.25, 0.3) is 5.91 Å². The minimum Gasteiger partial charge on any atom is -0.495 e. The Labute approximate surface area is 198 Å². The molecule has 1 aliphatic heterocycles. The van der Waals surface area contributed by atoms with E-state index in [4.69, 9.17) is 9.72 Å². The lowest BCUT2D eigenvalue weighted by atomic mass is 10.1. The zero-order chi connectivity index (χ0) is 23.7. The van der Waals surface area contributed by atoms with Crippen LogP contribution < -0.4 is 10.1 Å². The van der Waals surface area contributed by atoms with Crippen LogP contribution in [0.25, 0.3) is 22.3 Å². The van der Waals surface area contributed by atoms with Crippen molar-refractivity contribution in [1.82, 2.24) is 24.8 Å². The molecule has 4 aromatic rings. The average Bonchev–Trinajstić information content (AvgIpc) is 3.50. The second kappa shape index (κ2) is 9.15. The van der Waals surface area contributed by atoms with Gasteiger partial charge in [-0.05, 0) is 50.3 Å². The van der Waals surface area contributed by atoms with Crippen molar-refractivity contribution in [3.8, 4) is 17.1 Å². The molecule has 1 saturated heterocycles. The lowest BCUT2D eigenvalue weighted by Crippen LogP contribution is -2.38. The number of ether oxygens (including phenoxy) is 1. The van der Waals surface area contributed by atoms with E-state index < -0.39 is 0 Å². The van der Waals surface area contributed by atoms with Crippen LogP contribution in [0.3, 0.4) is 0 Å². The second-order valence-corrected chi connectivity index (χ2v) is 8.72. The number of anilines is 2. The second-order valence-electron chi connectivity index (χ2n) is 8.72. The molecule has 3 heterocycles. The number of methoxy groups -OCH3 is 1. The van der Waals surface area contributed by atoms with Crippen molar-refractivity contribution in [2.45, 2.75) is 12.5 Å². The van der Waals surface area contributed by atoms with E-state index in [9.17, 15) is 4.79 Å². The molecule has 0 bridgehead atoms. The van der Waals surface area contributed by atoms with E-state index >= 15 is 0 Å². The number of aromatic nitrogens is 3. The van der Waals surface area contributed by atoms with Gasteiger partial charge in [0.15, 0.2) is 0 Å². The summed E-state index contributed by atoms with van der Waals surface area (Å²) in [7, 11) is 5.55. The Balaban J connectivity index is 1.36. The fraction of sp³-hybridized carbons (Fsp3) is 0.269. The first-order valence-electron chi connectivity index (χ1n) is 11.3. The SMILES string of the molecule is COc1cc(C(=O)N(C)C2CCN(C)C2)ccc1Nc1cncc(-c2cc3ccccc3[nH]2)n1. The third-order valence-corrected chi connectivity index (χ3v) is 6.39. The summed E-state index contributed by atoms with van der Waals surface area (Å²) in [6.07, 6.45) is 4.38. The molecule has 0 saturated carbocycles. The molecule has 8 nitrogen and oxygen atoms in total. The van der Waals surface area contributed by atoms with Crippen molar-refractivity contribution in [2.24, 2.45) is 0 Å². The molecule has 8 heteroatoms. The number of H-pyrrole nitrogens is 1. The lowest BCUT2D eigenvalue weighted by Gasteiger charge is -2.25. The summed E-state index contributed by atoms with van der Waals surface area (Å²) >= 11 is 0. The van der Waals surface area contributed by atoms with Crippen LogP contribution in [0.4, 0.5) is 11.5 Å². The summed E-state index contributed by atoms with van der Waals surface area (Å²) in [5.41, 5.74) is 3.98. The summed E-state index contributed by atoms with van der Waals surface area (Å²) in [5.74, 6) is 1.14. The maximum atomic E-state index is 13.1. The number of amides is 1. The first-order valence-corrected chi connectivity index (χ1v) is 11.3. The van der Waals surface area contributed by atoms with Crippen LogP contribution in [-0.4, -0.2) is 71.0 Å². The average molecular weight is 457 g/mol. The molecular weight excluding hydrogens is 428 g/mol. The summed E-state index contributed by atoms with van der Waals surface area (Å²) < 4.78 is 5.59. The van der Waals surface area contributed by atoms with Crippen molar-refractivity contribution in [1.29, 1.82) is 0 Å². The highest BCUT2D eigenvalue weighted by Crippen LogP contribution is 2.30. The van der Waals surface area contributed by atoms with Crippen LogP contribution in [-0.2, 0) is 0 Å². The lowest BCUT2D eigenvalue weighted by molar-refractivity contribution is 0.0737. The van der Waals surface area contributed by atoms with Gasteiger partial charge in [-0.25, -0.2) is 4.98 Å². The zero-order valence-corrected chi connectivity index (χ0v) is 19.6. The van der Waals surface area contributed by atoms with Crippen molar-refractivity contribution in [2.75, 3.05) is 39.6 Å². The van der Waals surface area contributed by atoms with Gasteiger partial charge in [0, 0.05) is 36.1 Å². The molecule has 1 amide bonds. The Bertz CT molecular complexity index is 1300. The van der Waals surface area contributed by atoms with Gasteiger partial charge in [0.05, 0.1) is 30.9 Å². The van der Waals surface area contributed by atoms with Crippen LogP contribution in [0.5, 0.6) is 5.75 Å². The predicted molar refractivity (Wildman–Crippen MR) is 134 cm³/mol. The van der Waals surface area contributed by atoms with E-state index in [1.54, 1.807) is 25.6 Å². The maximum Gasteiger partial charge on any atom is 0.254 e. The molecule has 34 heavy (non-hydrogen) atoms. The standard InChI is InChI=1S/C26H28N6O2/c1-31-11-10-19(16-31)32(2)26(33)18-8-9-21(24(13-18)34-3)29-25-15-27-14-23(30-25)22-12-17-6-4-5-7-20(17)28-22/h4-9,12-15,19,28H,10-11,16H2,1-3H3,(H,29,30). The molecular formula is C26H28N6O2. The van der Waals surface area contributed by atoms with Gasteiger partial charge in [-0.3, -0.25) is 9.78 Å². The van der Waals surface area contributed by atoms with Crippen molar-refractivity contribution in [3.63, 3.8) is 0 Å². The predicted octanol–water partition coefficient (Wildman–Crippen LogP) is 4.15. The summed E-state index contributed by atoms with van der Waals surface area (Å²) in [6.45, 7) is 1.90. The van der Waals surface area contributed by atoms with Crippen LogP contribution in [0, 0.1) is 0 Å². The Morgan fingerprint density at radius 1 is 1.21 bits per heavy atom. The molecule has 1 aliphatic rings. The third-order valence-electron chi connectivity index (χ3n) is 6.39. The van der Waals surface area contributed by atoms with Crippen molar-refractivity contribution < 1.29 is 9.53 Å². The zero-order valence-electron chi connectivity index (χ0n) is 19.6. The van der Waals surface area contributed by atoms with E-state index in [1.807, 2.05) is 42.3 Å². The number of rotatable bonds is 6. The van der Waals surface area contributed by atoms with Crippen LogP contribution in [0.15, 0.2) is 60.9 Å². The smallest absolute Gasteiger partial charge is 0.254 e. The molecule has 0 aliphatic carbocycles. The van der Waals surface area contributed by atoms with Gasteiger partial charge in [-0.15, -0.1) is 0 Å². The van der Waals surface area contributed by atoms with E-state index in [-0.39, 0.29) is 11.9 Å². The monoisotopic (exact) mass is 456 g/mol. The first-order chi connectivity index (χ1) is 16.5. The molecule has 1 atom stereocenters. The number of nitrogens with one attached hydrogen (secondary N) is 2. The number of aromatic amines is 1. The fourth-order valence-electron chi connectivity index (χ4n) is 4.43. The number of para-hydroxylation sites is 1. The van der Waals surface area contributed by atoms with E-state index in [0.717, 1.165) is 41.8 Å². The molecule has 1 unspecified atom stereocenters. The van der Waals surface area contributed by atoms with Crippen LogP contribution in [0.2, 0.25) is 0 Å². The molecule has 1 fully saturated rings. The third kappa shape index (κ3) is 4.32. The summed E-state index contributed by atoms with van der Waals surface area (Å²) in [6, 6.07) is 15.8. The van der Waals surface area contributed by atoms with Gasteiger partial charge in [0.2, 0.25) is 0 Å². The van der Waals surface area contributed by atoms with Gasteiger partial charge in [-0.1, -0.05) is 18.2 Å². The highest BCUT2D eigenvalue weighted by molar-refractivity contribution is 5.95. The van der Waals surface area contributed by atoms with Crippen LogP contribution in [0.1, 0.15) is 16.8 Å². The quantitative estimate of drug-likeness (QED) is 0.453. The minimum atomic E-state index is -0.00856. The van der Waals surface area contributed by atoms with E-state index in [0.29, 0.717) is 22.8 Å². The number of hydrogen-bond donors (Lipinski definition) is 2. The van der Waals surface area contributed by atoms with E-state index in [1.165, 1.54) is 0 Å². The van der Waals surface area contributed by atoms with E-state index in [2.05, 4.69) is 39.4 Å². The fourth-order valence-corrected chi connectivity index (χ4v) is 4.43. The Kier molecular flexibility index (Phi) is 5.90. The Morgan fingerprint density at radius 2 is 2.06 bits per heavy atom. The van der Waals surface area contributed by atoms with Gasteiger partial charge < -0.3 is 24.8 Å². The normalized spacial score (nSPS) is 16.0. The number of likely N-dealkylation sites (tertiary alicyclic amines) is 1. The van der Waals surface area contributed by atoms with Crippen molar-refractivity contribution in [3.05, 3.63) is 66.5 Å². The molecule has 2 N–H and O–H groups in total.